The molecule has 0 aliphatic carbocycles. The van der Waals surface area contributed by atoms with Gasteiger partial charge in [0, 0.05) is 10.6 Å². The molecule has 1 aromatic heterocycles. The van der Waals surface area contributed by atoms with Crippen molar-refractivity contribution in [2.75, 3.05) is 11.5 Å². The normalized spacial score (nSPS) is 11.4. The fraction of sp³-hybridized carbons (Fsp3) is 0.364. The Morgan fingerprint density at radius 2 is 2.27 bits per heavy atom. The van der Waals surface area contributed by atoms with Crippen molar-refractivity contribution in [3.8, 4) is 0 Å². The fourth-order valence-electron chi connectivity index (χ4n) is 1.32. The van der Waals surface area contributed by atoms with Crippen molar-refractivity contribution < 1.29 is 0 Å². The zero-order valence-electron chi connectivity index (χ0n) is 8.86. The van der Waals surface area contributed by atoms with Gasteiger partial charge in [-0.15, -0.1) is 23.1 Å². The Bertz CT molecular complexity index is 463. The van der Waals surface area contributed by atoms with E-state index in [1.807, 2.05) is 17.3 Å². The number of hydrogen-bond acceptors (Lipinski definition) is 4. The third-order valence-corrected chi connectivity index (χ3v) is 4.37. The van der Waals surface area contributed by atoms with Gasteiger partial charge in [-0.05, 0) is 18.1 Å². The van der Waals surface area contributed by atoms with E-state index in [2.05, 4.69) is 31.0 Å². The number of fused-ring (bicyclic) bond motifs is 1. The van der Waals surface area contributed by atoms with Crippen molar-refractivity contribution in [2.24, 2.45) is 5.92 Å². The zero-order chi connectivity index (χ0) is 10.8. The number of aromatic nitrogens is 1. The van der Waals surface area contributed by atoms with E-state index < -0.39 is 0 Å². The van der Waals surface area contributed by atoms with Crippen LogP contribution in [0.4, 0.5) is 5.69 Å². The lowest BCUT2D eigenvalue weighted by Crippen LogP contribution is -1.94. The van der Waals surface area contributed by atoms with Gasteiger partial charge in [-0.1, -0.05) is 13.8 Å². The van der Waals surface area contributed by atoms with Gasteiger partial charge in [-0.25, -0.2) is 4.98 Å². The second-order valence-electron chi connectivity index (χ2n) is 3.88. The molecule has 0 unspecified atom stereocenters. The zero-order valence-corrected chi connectivity index (χ0v) is 10.5. The van der Waals surface area contributed by atoms with Crippen LogP contribution in [0.15, 0.2) is 22.5 Å². The van der Waals surface area contributed by atoms with Crippen LogP contribution in [0.1, 0.15) is 13.8 Å². The first kappa shape index (κ1) is 10.8. The number of benzene rings is 1. The highest BCUT2D eigenvalue weighted by Gasteiger charge is 2.07. The van der Waals surface area contributed by atoms with E-state index in [9.17, 15) is 0 Å². The molecule has 2 nitrogen and oxygen atoms in total. The summed E-state index contributed by atoms with van der Waals surface area (Å²) in [5, 5.41) is 0. The molecule has 0 saturated carbocycles. The van der Waals surface area contributed by atoms with Crippen molar-refractivity contribution >= 4 is 39.0 Å². The number of thiazole rings is 1. The summed E-state index contributed by atoms with van der Waals surface area (Å²) in [6, 6.07) is 4.20. The molecular weight excluding hydrogens is 224 g/mol. The molecule has 15 heavy (non-hydrogen) atoms. The molecule has 80 valence electrons. The number of nitrogens with two attached hydrogens (primary N) is 1. The first-order valence-electron chi connectivity index (χ1n) is 4.93. The van der Waals surface area contributed by atoms with Crippen LogP contribution in [-0.2, 0) is 0 Å². The molecule has 2 aromatic rings. The van der Waals surface area contributed by atoms with E-state index in [0.29, 0.717) is 5.92 Å². The first-order valence-corrected chi connectivity index (χ1v) is 6.79. The van der Waals surface area contributed by atoms with E-state index in [-0.39, 0.29) is 0 Å². The van der Waals surface area contributed by atoms with Crippen LogP contribution < -0.4 is 5.73 Å². The van der Waals surface area contributed by atoms with Crippen LogP contribution in [0.5, 0.6) is 0 Å². The maximum Gasteiger partial charge on any atom is 0.105 e. The number of thioether (sulfide) groups is 1. The topological polar surface area (TPSA) is 38.9 Å². The van der Waals surface area contributed by atoms with Gasteiger partial charge in [-0.3, -0.25) is 0 Å². The lowest BCUT2D eigenvalue weighted by atomic mass is 10.3. The minimum absolute atomic E-state index is 0.681. The van der Waals surface area contributed by atoms with Crippen LogP contribution >= 0.6 is 23.1 Å². The third kappa shape index (κ3) is 2.26. The van der Waals surface area contributed by atoms with Gasteiger partial charge < -0.3 is 5.73 Å². The summed E-state index contributed by atoms with van der Waals surface area (Å²) in [5.41, 5.74) is 9.70. The average molecular weight is 238 g/mol. The summed E-state index contributed by atoms with van der Waals surface area (Å²) in [6.45, 7) is 4.43. The maximum absolute atomic E-state index is 6.07. The Kier molecular flexibility index (Phi) is 3.17. The predicted molar refractivity (Wildman–Crippen MR) is 69.6 cm³/mol. The molecule has 0 radical (unpaired) electrons. The Balaban J connectivity index is 2.31. The van der Waals surface area contributed by atoms with Gasteiger partial charge in [0.2, 0.25) is 0 Å². The van der Waals surface area contributed by atoms with E-state index in [1.54, 1.807) is 11.3 Å². The van der Waals surface area contributed by atoms with Crippen molar-refractivity contribution in [1.29, 1.82) is 0 Å². The van der Waals surface area contributed by atoms with E-state index in [4.69, 9.17) is 5.73 Å². The number of anilines is 1. The standard InChI is InChI=1S/C11H14N2S2/c1-7(2)5-14-8-3-4-9-11(10(8)12)13-6-15-9/h3-4,6-7H,5,12H2,1-2H3. The van der Waals surface area contributed by atoms with Crippen molar-refractivity contribution in [3.05, 3.63) is 17.6 Å². The SMILES string of the molecule is CC(C)CSc1ccc2scnc2c1N. The van der Waals surface area contributed by atoms with Crippen LogP contribution in [0.25, 0.3) is 10.2 Å². The fourth-order valence-corrected chi connectivity index (χ4v) is 2.94. The molecule has 0 spiro atoms. The number of nitrogen functional groups attached to an aromatic ring is 1. The molecule has 1 heterocycles. The van der Waals surface area contributed by atoms with Crippen LogP contribution in [-0.4, -0.2) is 10.7 Å². The van der Waals surface area contributed by atoms with E-state index in [1.165, 1.54) is 4.70 Å². The quantitative estimate of drug-likeness (QED) is 0.655. The van der Waals surface area contributed by atoms with Gasteiger partial charge >= 0.3 is 0 Å². The highest BCUT2D eigenvalue weighted by atomic mass is 32.2. The van der Waals surface area contributed by atoms with Gasteiger partial charge in [0.25, 0.3) is 0 Å². The average Bonchev–Trinajstić information content (AvgIpc) is 2.65. The van der Waals surface area contributed by atoms with Gasteiger partial charge in [0.1, 0.15) is 5.52 Å². The molecular formula is C11H14N2S2. The molecule has 4 heteroatoms. The maximum atomic E-state index is 6.07. The lowest BCUT2D eigenvalue weighted by Gasteiger charge is -2.07. The van der Waals surface area contributed by atoms with Crippen molar-refractivity contribution in [1.82, 2.24) is 4.98 Å². The van der Waals surface area contributed by atoms with E-state index >= 15 is 0 Å². The van der Waals surface area contributed by atoms with Gasteiger partial charge in [-0.2, -0.15) is 0 Å². The Morgan fingerprint density at radius 1 is 1.47 bits per heavy atom. The Labute approximate surface area is 97.9 Å². The second-order valence-corrected chi connectivity index (χ2v) is 5.83. The van der Waals surface area contributed by atoms with Gasteiger partial charge in [0.05, 0.1) is 15.9 Å². The Morgan fingerprint density at radius 3 is 3.00 bits per heavy atom. The molecule has 1 aromatic carbocycles. The van der Waals surface area contributed by atoms with E-state index in [0.717, 1.165) is 21.9 Å². The molecule has 2 N–H and O–H groups in total. The number of rotatable bonds is 3. The summed E-state index contributed by atoms with van der Waals surface area (Å²) in [5.74, 6) is 1.78. The highest BCUT2D eigenvalue weighted by Crippen LogP contribution is 2.33. The molecule has 0 fully saturated rings. The summed E-state index contributed by atoms with van der Waals surface area (Å²) in [4.78, 5) is 5.44. The summed E-state index contributed by atoms with van der Waals surface area (Å²) < 4.78 is 1.17. The van der Waals surface area contributed by atoms with Crippen LogP contribution in [0.3, 0.4) is 0 Å². The third-order valence-electron chi connectivity index (χ3n) is 2.07. The molecule has 0 saturated heterocycles. The number of nitrogens with zero attached hydrogens (tertiary/aromatic N) is 1. The van der Waals surface area contributed by atoms with Crippen molar-refractivity contribution in [2.45, 2.75) is 18.7 Å². The minimum atomic E-state index is 0.681. The lowest BCUT2D eigenvalue weighted by molar-refractivity contribution is 0.750. The molecule has 0 bridgehead atoms. The predicted octanol–water partition coefficient (Wildman–Crippen LogP) is 3.63. The summed E-state index contributed by atoms with van der Waals surface area (Å²) in [6.07, 6.45) is 0. The summed E-state index contributed by atoms with van der Waals surface area (Å²) >= 11 is 3.45. The number of hydrogen-bond donors (Lipinski definition) is 1. The monoisotopic (exact) mass is 238 g/mol. The largest absolute Gasteiger partial charge is 0.396 e. The highest BCUT2D eigenvalue weighted by molar-refractivity contribution is 7.99. The Hall–Kier alpha value is -0.740. The molecule has 0 aliphatic heterocycles. The molecule has 0 amide bonds. The smallest absolute Gasteiger partial charge is 0.105 e. The second kappa shape index (κ2) is 4.41. The first-order chi connectivity index (χ1) is 7.18. The van der Waals surface area contributed by atoms with Crippen molar-refractivity contribution in [3.63, 3.8) is 0 Å². The molecule has 0 atom stereocenters. The van der Waals surface area contributed by atoms with Crippen LogP contribution in [0.2, 0.25) is 0 Å². The summed E-state index contributed by atoms with van der Waals surface area (Å²) in [7, 11) is 0. The molecule has 2 rings (SSSR count). The molecule has 0 aliphatic rings. The van der Waals surface area contributed by atoms with Gasteiger partial charge in [0.15, 0.2) is 0 Å². The minimum Gasteiger partial charge on any atom is -0.396 e. The van der Waals surface area contributed by atoms with Crippen LogP contribution in [0, 0.1) is 5.92 Å².